The molecule has 8 N–H and O–H groups in total. The van der Waals surface area contributed by atoms with Gasteiger partial charge in [-0.25, -0.2) is 0 Å². The summed E-state index contributed by atoms with van der Waals surface area (Å²) in [5.41, 5.74) is 1.49. The minimum Gasteiger partial charge on any atom is -0.693 e. The van der Waals surface area contributed by atoms with E-state index in [1.54, 1.807) is 0 Å². The van der Waals surface area contributed by atoms with Crippen molar-refractivity contribution in [2.75, 3.05) is 45.8 Å². The molecule has 3 saturated heterocycles. The van der Waals surface area contributed by atoms with Crippen molar-refractivity contribution in [1.82, 2.24) is 0 Å². The summed E-state index contributed by atoms with van der Waals surface area (Å²) in [7, 11) is 0. The van der Waals surface area contributed by atoms with Crippen molar-refractivity contribution in [3.05, 3.63) is 57.5 Å². The van der Waals surface area contributed by atoms with E-state index >= 15 is 0 Å². The standard InChI is InChI=1S/C10H18N2.C10H14N2.3Cu.2H2N.2H2O/c2*1-5-11-6-2-9(1)10-3-7-12-8-4-10;;;;;;;/h9-10H,1-8H2;1-2,5,10H,3-4,6-8H2;;;;4*1H2/q2*-2;+1;2*+2;2*-1;;. The van der Waals surface area contributed by atoms with E-state index in [1.807, 2.05) is 6.20 Å². The van der Waals surface area contributed by atoms with E-state index in [0.29, 0.717) is 0 Å². The molecule has 0 spiro atoms. The zero-order valence-corrected chi connectivity index (χ0v) is 20.8. The summed E-state index contributed by atoms with van der Waals surface area (Å²) in [6.07, 6.45) is 14.2. The summed E-state index contributed by atoms with van der Waals surface area (Å²) >= 11 is 0. The molecule has 0 aromatic heterocycles. The third kappa shape index (κ3) is 15.2. The number of nitrogens with zero attached hydrogens (tertiary/aromatic N) is 4. The van der Waals surface area contributed by atoms with Crippen LogP contribution in [0.15, 0.2) is 23.9 Å². The first-order chi connectivity index (χ1) is 11.9. The molecule has 0 unspecified atom stereocenters. The zero-order valence-electron chi connectivity index (χ0n) is 18.0. The van der Waals surface area contributed by atoms with Crippen LogP contribution in [0.5, 0.6) is 0 Å². The monoisotopic (exact) mass is 585 g/mol. The van der Waals surface area contributed by atoms with E-state index in [4.69, 9.17) is 0 Å². The second kappa shape index (κ2) is 25.2. The number of hydrogen-bond acceptors (Lipinski definition) is 0. The molecule has 4 aliphatic heterocycles. The molecule has 4 aliphatic rings. The maximum atomic E-state index is 4.40. The third-order valence-electron chi connectivity index (χ3n) is 5.85. The molecule has 0 amide bonds. The molecule has 0 atom stereocenters. The largest absolute Gasteiger partial charge is 2.00 e. The average molecular weight is 587 g/mol. The van der Waals surface area contributed by atoms with Crippen molar-refractivity contribution in [3.8, 4) is 0 Å². The maximum absolute atomic E-state index is 4.40. The summed E-state index contributed by atoms with van der Waals surface area (Å²) < 4.78 is 0. The molecule has 3 fully saturated rings. The molecular weight excluding hydrogens is 547 g/mol. The van der Waals surface area contributed by atoms with Gasteiger partial charge in [0.25, 0.3) is 0 Å². The fourth-order valence-corrected chi connectivity index (χ4v) is 4.30. The Morgan fingerprint density at radius 2 is 1.03 bits per heavy atom. The molecule has 31 heavy (non-hydrogen) atoms. The fraction of sp³-hybridized carbons (Fsp3) is 0.800. The van der Waals surface area contributed by atoms with Crippen molar-refractivity contribution >= 4 is 0 Å². The van der Waals surface area contributed by atoms with Gasteiger partial charge in [-0.2, -0.15) is 6.20 Å². The molecule has 11 heteroatoms. The van der Waals surface area contributed by atoms with Gasteiger partial charge >= 0.3 is 51.2 Å². The van der Waals surface area contributed by atoms with Gasteiger partial charge in [-0.1, -0.05) is 56.3 Å². The van der Waals surface area contributed by atoms with Crippen LogP contribution in [-0.2, 0) is 51.2 Å². The number of rotatable bonds is 2. The molecule has 4 heterocycles. The van der Waals surface area contributed by atoms with E-state index < -0.39 is 0 Å². The van der Waals surface area contributed by atoms with Gasteiger partial charge in [-0.05, 0) is 17.8 Å². The molecule has 0 aliphatic carbocycles. The zero-order chi connectivity index (χ0) is 16.5. The smallest absolute Gasteiger partial charge is 0.693 e. The molecule has 0 bridgehead atoms. The van der Waals surface area contributed by atoms with Gasteiger partial charge in [0.05, 0.1) is 0 Å². The van der Waals surface area contributed by atoms with E-state index in [0.717, 1.165) is 63.6 Å². The Bertz CT molecular complexity index is 413. The van der Waals surface area contributed by atoms with Crippen LogP contribution in [0.1, 0.15) is 38.5 Å². The first-order valence-electron chi connectivity index (χ1n) is 9.86. The second-order valence-corrected chi connectivity index (χ2v) is 7.35. The first-order valence-corrected chi connectivity index (χ1v) is 9.86. The maximum Gasteiger partial charge on any atom is 2.00 e. The van der Waals surface area contributed by atoms with E-state index in [2.05, 4.69) is 33.4 Å². The first kappa shape index (κ1) is 41.8. The van der Waals surface area contributed by atoms with Gasteiger partial charge in [0.15, 0.2) is 0 Å². The molecule has 196 valence electrons. The summed E-state index contributed by atoms with van der Waals surface area (Å²) in [5, 5.41) is 17.3. The Morgan fingerprint density at radius 1 is 0.645 bits per heavy atom. The molecule has 4 rings (SSSR count). The van der Waals surface area contributed by atoms with Crippen LogP contribution in [0.2, 0.25) is 0 Å². The van der Waals surface area contributed by atoms with Gasteiger partial charge in [0.2, 0.25) is 0 Å². The van der Waals surface area contributed by atoms with Crippen molar-refractivity contribution in [2.24, 2.45) is 17.8 Å². The molecular formula is C20H40Cu3N6O2-. The van der Waals surface area contributed by atoms with Crippen LogP contribution in [0.3, 0.4) is 0 Å². The van der Waals surface area contributed by atoms with Crippen LogP contribution < -0.4 is 0 Å². The van der Waals surface area contributed by atoms with E-state index in [9.17, 15) is 0 Å². The number of hydrogen-bond donors (Lipinski definition) is 0. The Labute approximate surface area is 220 Å². The van der Waals surface area contributed by atoms with Gasteiger partial charge in [-0.3, -0.25) is 0 Å². The van der Waals surface area contributed by atoms with E-state index in [-0.39, 0.29) is 74.5 Å². The minimum atomic E-state index is 0. The topological polar surface area (TPSA) is 186 Å². The second-order valence-electron chi connectivity index (χ2n) is 7.35. The van der Waals surface area contributed by atoms with E-state index in [1.165, 1.54) is 44.1 Å². The molecule has 0 aromatic carbocycles. The minimum absolute atomic E-state index is 0. The molecule has 0 aromatic rings. The normalized spacial score (nSPS) is 20.8. The molecule has 2 radical (unpaired) electrons. The molecule has 8 nitrogen and oxygen atoms in total. The van der Waals surface area contributed by atoms with Crippen LogP contribution in [0, 0.1) is 17.8 Å². The average Bonchev–Trinajstić information content (AvgIpc) is 2.71. The van der Waals surface area contributed by atoms with Gasteiger partial charge in [-0.15, -0.1) is 45.8 Å². The third-order valence-corrected chi connectivity index (χ3v) is 5.85. The molecule has 0 saturated carbocycles. The van der Waals surface area contributed by atoms with Gasteiger partial charge in [0, 0.05) is 0 Å². The Morgan fingerprint density at radius 3 is 1.39 bits per heavy atom. The number of piperidine rings is 3. The Balaban J connectivity index is -0.000000119. The van der Waals surface area contributed by atoms with Crippen molar-refractivity contribution in [2.45, 2.75) is 38.5 Å². The Kier molecular flexibility index (Phi) is 33.9. The fourth-order valence-electron chi connectivity index (χ4n) is 4.30. The SMILES string of the molecule is C1=CC(C2CC[N-]CC2)=CC[N-]1.C1CC(C2CC[N-]CC2)CC[N-]1.O.O.[Cu+2].[Cu+2].[Cu+].[NH2-].[NH2-]. The van der Waals surface area contributed by atoms with Gasteiger partial charge < -0.3 is 44.5 Å². The Hall–Kier alpha value is 0.558. The number of allylic oxidation sites excluding steroid dienone is 2. The summed E-state index contributed by atoms with van der Waals surface area (Å²) in [6.45, 7) is 7.46. The summed E-state index contributed by atoms with van der Waals surface area (Å²) in [5.74, 6) is 2.73. The predicted octanol–water partition coefficient (Wildman–Crippen LogP) is 4.93. The van der Waals surface area contributed by atoms with Crippen LogP contribution in [0.4, 0.5) is 0 Å². The van der Waals surface area contributed by atoms with Crippen molar-refractivity contribution in [3.63, 3.8) is 0 Å². The van der Waals surface area contributed by atoms with Crippen LogP contribution in [-0.4, -0.2) is 56.8 Å². The van der Waals surface area contributed by atoms with Gasteiger partial charge in [0.1, 0.15) is 0 Å². The van der Waals surface area contributed by atoms with Crippen LogP contribution >= 0.6 is 0 Å². The van der Waals surface area contributed by atoms with Crippen LogP contribution in [0.25, 0.3) is 33.6 Å². The van der Waals surface area contributed by atoms with Crippen molar-refractivity contribution in [1.29, 1.82) is 0 Å². The summed E-state index contributed by atoms with van der Waals surface area (Å²) in [4.78, 5) is 0. The quantitative estimate of drug-likeness (QED) is 0.397. The predicted molar refractivity (Wildman–Crippen MR) is 121 cm³/mol. The summed E-state index contributed by atoms with van der Waals surface area (Å²) in [6, 6.07) is 0. The van der Waals surface area contributed by atoms with Crippen molar-refractivity contribution < 1.29 is 62.2 Å². The number of nitrogens with two attached hydrogens (primary N) is 2.